The summed E-state index contributed by atoms with van der Waals surface area (Å²) in [7, 11) is 0. The zero-order valence-corrected chi connectivity index (χ0v) is 6.76. The molecule has 0 aliphatic carbocycles. The molecule has 0 saturated heterocycles. The Morgan fingerprint density at radius 1 is 1.50 bits per heavy atom. The Morgan fingerprint density at radius 3 is 3.17 bits per heavy atom. The molecular weight excluding hydrogens is 176 g/mol. The minimum Gasteiger partial charge on any atom is -0.422 e. The lowest BCUT2D eigenvalue weighted by Gasteiger charge is -1.93. The molecule has 12 heavy (non-hydrogen) atoms. The average molecular weight is 180 g/mol. The molecule has 2 aromatic rings. The summed E-state index contributed by atoms with van der Waals surface area (Å²) in [5.74, 6) is 0. The molecule has 1 heterocycles. The van der Waals surface area contributed by atoms with E-state index in [0.717, 1.165) is 5.39 Å². The van der Waals surface area contributed by atoms with Crippen molar-refractivity contribution in [1.82, 2.24) is 0 Å². The molecule has 1 aromatic carbocycles. The first-order chi connectivity index (χ1) is 5.77. The molecule has 0 spiro atoms. The Hall–Kier alpha value is -1.28. The van der Waals surface area contributed by atoms with Gasteiger partial charge in [0.05, 0.1) is 0 Å². The number of hydrogen-bond acceptors (Lipinski definition) is 2. The van der Waals surface area contributed by atoms with Gasteiger partial charge in [0.15, 0.2) is 0 Å². The van der Waals surface area contributed by atoms with Crippen molar-refractivity contribution < 1.29 is 4.42 Å². The van der Waals surface area contributed by atoms with Crippen LogP contribution in [0.15, 0.2) is 33.5 Å². The molecule has 0 saturated carbocycles. The van der Waals surface area contributed by atoms with Gasteiger partial charge in [-0.1, -0.05) is 23.7 Å². The SMILES string of the molecule is O=c1oc2c[c]ccc2cc1Cl. The summed E-state index contributed by atoms with van der Waals surface area (Å²) in [5.41, 5.74) is -0.00401. The van der Waals surface area contributed by atoms with Crippen molar-refractivity contribution in [1.29, 1.82) is 0 Å². The molecule has 0 bridgehead atoms. The van der Waals surface area contributed by atoms with Crippen LogP contribution in [0.5, 0.6) is 0 Å². The van der Waals surface area contributed by atoms with Crippen LogP contribution in [0.25, 0.3) is 11.0 Å². The van der Waals surface area contributed by atoms with Gasteiger partial charge < -0.3 is 4.42 Å². The Morgan fingerprint density at radius 2 is 2.33 bits per heavy atom. The largest absolute Gasteiger partial charge is 0.422 e. The number of rotatable bonds is 0. The monoisotopic (exact) mass is 179 g/mol. The van der Waals surface area contributed by atoms with Crippen molar-refractivity contribution in [3.63, 3.8) is 0 Å². The minimum atomic E-state index is -0.510. The van der Waals surface area contributed by atoms with Crippen LogP contribution in [0.1, 0.15) is 0 Å². The molecule has 1 radical (unpaired) electrons. The number of benzene rings is 1. The second-order valence-electron chi connectivity index (χ2n) is 2.35. The summed E-state index contributed by atoms with van der Waals surface area (Å²) in [4.78, 5) is 10.9. The maximum atomic E-state index is 10.9. The first kappa shape index (κ1) is 7.37. The fourth-order valence-electron chi connectivity index (χ4n) is 0.979. The summed E-state index contributed by atoms with van der Waals surface area (Å²) < 4.78 is 4.87. The van der Waals surface area contributed by atoms with E-state index in [2.05, 4.69) is 6.07 Å². The molecule has 2 nitrogen and oxygen atoms in total. The van der Waals surface area contributed by atoms with E-state index in [1.54, 1.807) is 24.3 Å². The lowest BCUT2D eigenvalue weighted by Crippen LogP contribution is -1.97. The molecule has 0 unspecified atom stereocenters. The standard InChI is InChI=1S/C9H4ClO2/c10-7-5-6-3-1-2-4-8(6)12-9(7)11/h1,3-5H. The van der Waals surface area contributed by atoms with E-state index in [-0.39, 0.29) is 5.02 Å². The van der Waals surface area contributed by atoms with Gasteiger partial charge in [0, 0.05) is 5.39 Å². The van der Waals surface area contributed by atoms with Crippen LogP contribution >= 0.6 is 11.6 Å². The highest BCUT2D eigenvalue weighted by Crippen LogP contribution is 2.14. The molecule has 0 atom stereocenters. The molecule has 0 amide bonds. The zero-order valence-electron chi connectivity index (χ0n) is 6.00. The highest BCUT2D eigenvalue weighted by Gasteiger charge is 2.00. The van der Waals surface area contributed by atoms with Crippen LogP contribution in [0.2, 0.25) is 5.02 Å². The van der Waals surface area contributed by atoms with Gasteiger partial charge in [-0.15, -0.1) is 0 Å². The average Bonchev–Trinajstić information content (AvgIpc) is 2.07. The topological polar surface area (TPSA) is 30.2 Å². The van der Waals surface area contributed by atoms with Crippen molar-refractivity contribution in [3.8, 4) is 0 Å². The third-order valence-electron chi connectivity index (χ3n) is 1.54. The summed E-state index contributed by atoms with van der Waals surface area (Å²) in [6, 6.07) is 9.51. The second-order valence-corrected chi connectivity index (χ2v) is 2.75. The molecule has 2 rings (SSSR count). The third-order valence-corrected chi connectivity index (χ3v) is 1.80. The van der Waals surface area contributed by atoms with E-state index >= 15 is 0 Å². The lowest BCUT2D eigenvalue weighted by atomic mass is 10.2. The lowest BCUT2D eigenvalue weighted by molar-refractivity contribution is 0.561. The van der Waals surface area contributed by atoms with E-state index in [1.807, 2.05) is 0 Å². The highest BCUT2D eigenvalue weighted by molar-refractivity contribution is 6.30. The van der Waals surface area contributed by atoms with Gasteiger partial charge in [0.2, 0.25) is 0 Å². The fraction of sp³-hybridized carbons (Fsp3) is 0. The predicted octanol–water partition coefficient (Wildman–Crippen LogP) is 2.25. The second kappa shape index (κ2) is 2.64. The Labute approximate surface area is 73.4 Å². The van der Waals surface area contributed by atoms with E-state index in [9.17, 15) is 4.79 Å². The van der Waals surface area contributed by atoms with Gasteiger partial charge in [-0.3, -0.25) is 0 Å². The molecule has 3 heteroatoms. The van der Waals surface area contributed by atoms with Crippen LogP contribution in [-0.4, -0.2) is 0 Å². The molecule has 0 aliphatic heterocycles. The van der Waals surface area contributed by atoms with Gasteiger partial charge in [0.25, 0.3) is 0 Å². The van der Waals surface area contributed by atoms with Gasteiger partial charge >= 0.3 is 5.63 Å². The Bertz CT molecular complexity index is 473. The number of fused-ring (bicyclic) bond motifs is 1. The van der Waals surface area contributed by atoms with Crippen molar-refractivity contribution in [2.45, 2.75) is 0 Å². The van der Waals surface area contributed by atoms with Crippen molar-refractivity contribution >= 4 is 22.6 Å². The van der Waals surface area contributed by atoms with Gasteiger partial charge in [-0.2, -0.15) is 0 Å². The summed E-state index contributed by atoms with van der Waals surface area (Å²) in [5, 5.41) is 0.909. The molecule has 0 fully saturated rings. The minimum absolute atomic E-state index is 0.105. The predicted molar refractivity (Wildman–Crippen MR) is 46.3 cm³/mol. The number of hydrogen-bond donors (Lipinski definition) is 0. The Kier molecular flexibility index (Phi) is 1.62. The highest BCUT2D eigenvalue weighted by atomic mass is 35.5. The van der Waals surface area contributed by atoms with Crippen LogP contribution < -0.4 is 5.63 Å². The summed E-state index contributed by atoms with van der Waals surface area (Å²) >= 11 is 5.57. The fourth-order valence-corrected chi connectivity index (χ4v) is 1.13. The van der Waals surface area contributed by atoms with Crippen LogP contribution in [-0.2, 0) is 0 Å². The van der Waals surface area contributed by atoms with Gasteiger partial charge in [-0.25, -0.2) is 4.79 Å². The summed E-state index contributed by atoms with van der Waals surface area (Å²) in [6.45, 7) is 0. The maximum Gasteiger partial charge on any atom is 0.355 e. The smallest absolute Gasteiger partial charge is 0.355 e. The molecule has 59 valence electrons. The quantitative estimate of drug-likeness (QED) is 0.581. The molecule has 0 aliphatic rings. The molecule has 0 N–H and O–H groups in total. The van der Waals surface area contributed by atoms with E-state index in [1.165, 1.54) is 0 Å². The zero-order chi connectivity index (χ0) is 8.55. The molecular formula is C9H4ClO2. The van der Waals surface area contributed by atoms with Crippen molar-refractivity contribution in [3.05, 3.63) is 45.8 Å². The normalized spacial score (nSPS) is 10.4. The van der Waals surface area contributed by atoms with E-state index < -0.39 is 5.63 Å². The first-order valence-electron chi connectivity index (χ1n) is 3.37. The van der Waals surface area contributed by atoms with Crippen molar-refractivity contribution in [2.24, 2.45) is 0 Å². The number of halogens is 1. The van der Waals surface area contributed by atoms with Crippen LogP contribution in [0.4, 0.5) is 0 Å². The molecule has 1 aromatic heterocycles. The van der Waals surface area contributed by atoms with Crippen LogP contribution in [0, 0.1) is 6.07 Å². The van der Waals surface area contributed by atoms with E-state index in [0.29, 0.717) is 5.58 Å². The van der Waals surface area contributed by atoms with E-state index in [4.69, 9.17) is 16.0 Å². The van der Waals surface area contributed by atoms with Crippen LogP contribution in [0.3, 0.4) is 0 Å². The van der Waals surface area contributed by atoms with Crippen molar-refractivity contribution in [2.75, 3.05) is 0 Å². The summed E-state index contributed by atoms with van der Waals surface area (Å²) in [6.07, 6.45) is 0. The maximum absolute atomic E-state index is 10.9. The Balaban J connectivity index is 2.93. The third kappa shape index (κ3) is 1.10. The first-order valence-corrected chi connectivity index (χ1v) is 3.74. The van der Waals surface area contributed by atoms with Gasteiger partial charge in [-0.05, 0) is 18.2 Å². The van der Waals surface area contributed by atoms with Gasteiger partial charge in [0.1, 0.15) is 10.6 Å².